The van der Waals surface area contributed by atoms with Gasteiger partial charge in [0.05, 0.1) is 24.3 Å². The van der Waals surface area contributed by atoms with Gasteiger partial charge in [-0.2, -0.15) is 13.5 Å². The van der Waals surface area contributed by atoms with Gasteiger partial charge in [0.2, 0.25) is 0 Å². The number of esters is 2. The van der Waals surface area contributed by atoms with Crippen LogP contribution >= 0.6 is 13.5 Å². The monoisotopic (exact) mass is 580 g/mol. The van der Waals surface area contributed by atoms with E-state index in [1.165, 1.54) is 0 Å². The number of ether oxygens (including phenoxy) is 4. The molecule has 3 aromatic rings. The van der Waals surface area contributed by atoms with Gasteiger partial charge >= 0.3 is 18.0 Å². The van der Waals surface area contributed by atoms with Crippen LogP contribution in [-0.4, -0.2) is 68.4 Å². The van der Waals surface area contributed by atoms with Crippen molar-refractivity contribution in [2.45, 2.75) is 25.4 Å². The second-order valence-electron chi connectivity index (χ2n) is 9.26. The number of unbranched alkanes of at least 4 members (excludes halogenated alkanes) is 1. The lowest BCUT2D eigenvalue weighted by atomic mass is 10.1. The molecular formula is C31H36N2O7S. The Bertz CT molecular complexity index is 1220. The molecule has 10 heteroatoms. The van der Waals surface area contributed by atoms with Crippen LogP contribution in [0.2, 0.25) is 0 Å². The summed E-state index contributed by atoms with van der Waals surface area (Å²) in [5.74, 6) is 0.0895. The van der Waals surface area contributed by atoms with E-state index in [0.29, 0.717) is 61.9 Å². The number of morpholine rings is 1. The molecule has 3 aromatic carbocycles. The predicted octanol–water partition coefficient (Wildman–Crippen LogP) is 4.84. The maximum Gasteiger partial charge on any atom is 0.343 e. The highest BCUT2D eigenvalue weighted by molar-refractivity contribution is 7.59. The van der Waals surface area contributed by atoms with Crippen LogP contribution in [0.1, 0.15) is 40.0 Å². The van der Waals surface area contributed by atoms with Gasteiger partial charge in [0.15, 0.2) is 0 Å². The molecule has 218 valence electrons. The number of nitrogens with one attached hydrogen (secondary N) is 1. The van der Waals surface area contributed by atoms with Crippen molar-refractivity contribution in [3.05, 3.63) is 96.1 Å². The first-order valence-electron chi connectivity index (χ1n) is 13.4. The Hall–Kier alpha value is -4.02. The maximum atomic E-state index is 12.7. The largest absolute Gasteiger partial charge is 0.490 e. The summed E-state index contributed by atoms with van der Waals surface area (Å²) in [5.41, 5.74) is 0.932. The molecule has 9 nitrogen and oxygen atoms in total. The Morgan fingerprint density at radius 1 is 0.780 bits per heavy atom. The Labute approximate surface area is 247 Å². The number of carbonyl (C=O) groups is 3. The zero-order chi connectivity index (χ0) is 28.0. The van der Waals surface area contributed by atoms with Gasteiger partial charge in [-0.05, 0) is 67.8 Å². The summed E-state index contributed by atoms with van der Waals surface area (Å²) in [5, 5.41) is 2.94. The highest BCUT2D eigenvalue weighted by Crippen LogP contribution is 2.20. The summed E-state index contributed by atoms with van der Waals surface area (Å²) >= 11 is 0. The van der Waals surface area contributed by atoms with Crippen LogP contribution in [0.25, 0.3) is 0 Å². The second kappa shape index (κ2) is 16.9. The normalized spacial score (nSPS) is 13.3. The highest BCUT2D eigenvalue weighted by atomic mass is 32.1. The van der Waals surface area contributed by atoms with E-state index in [2.05, 4.69) is 5.32 Å². The topological polar surface area (TPSA) is 103 Å². The summed E-state index contributed by atoms with van der Waals surface area (Å²) in [7, 11) is 0. The average Bonchev–Trinajstić information content (AvgIpc) is 3.01. The first-order valence-corrected chi connectivity index (χ1v) is 13.4. The molecule has 1 heterocycles. The van der Waals surface area contributed by atoms with Crippen LogP contribution in [-0.2, 0) is 9.47 Å². The molecule has 0 spiro atoms. The van der Waals surface area contributed by atoms with Crippen LogP contribution in [0, 0.1) is 0 Å². The zero-order valence-electron chi connectivity index (χ0n) is 22.8. The fourth-order valence-corrected chi connectivity index (χ4v) is 4.07. The van der Waals surface area contributed by atoms with Crippen molar-refractivity contribution in [3.63, 3.8) is 0 Å². The molecule has 4 rings (SSSR count). The van der Waals surface area contributed by atoms with Crippen LogP contribution < -0.4 is 14.8 Å². The first kappa shape index (κ1) is 31.5. The minimum atomic E-state index is -0.488. The molecule has 1 fully saturated rings. The van der Waals surface area contributed by atoms with E-state index in [-0.39, 0.29) is 26.1 Å². The number of nitrogens with zero attached hydrogens (tertiary/aromatic N) is 1. The molecule has 0 radical (unpaired) electrons. The molecule has 0 unspecified atom stereocenters. The molecule has 0 aliphatic carbocycles. The fourth-order valence-electron chi connectivity index (χ4n) is 4.07. The van der Waals surface area contributed by atoms with Crippen LogP contribution in [0.4, 0.5) is 4.79 Å². The Kier molecular flexibility index (Phi) is 13.0. The van der Waals surface area contributed by atoms with Gasteiger partial charge < -0.3 is 29.2 Å². The molecule has 1 aliphatic heterocycles. The molecule has 0 aromatic heterocycles. The van der Waals surface area contributed by atoms with Gasteiger partial charge in [-0.1, -0.05) is 36.4 Å². The molecule has 41 heavy (non-hydrogen) atoms. The third kappa shape index (κ3) is 10.5. The zero-order valence-corrected chi connectivity index (χ0v) is 23.8. The molecule has 1 atom stereocenters. The van der Waals surface area contributed by atoms with Crippen LogP contribution in [0.3, 0.4) is 0 Å². The minimum absolute atomic E-state index is 0. The smallest absolute Gasteiger partial charge is 0.343 e. The van der Waals surface area contributed by atoms with E-state index in [0.717, 1.165) is 12.8 Å². The summed E-state index contributed by atoms with van der Waals surface area (Å²) < 4.78 is 22.4. The van der Waals surface area contributed by atoms with E-state index in [1.54, 1.807) is 77.7 Å². The van der Waals surface area contributed by atoms with Gasteiger partial charge in [-0.15, -0.1) is 0 Å². The van der Waals surface area contributed by atoms with Crippen molar-refractivity contribution in [2.75, 3.05) is 39.5 Å². The summed E-state index contributed by atoms with van der Waals surface area (Å²) in [4.78, 5) is 39.0. The molecule has 1 saturated heterocycles. The molecule has 2 amide bonds. The van der Waals surface area contributed by atoms with E-state index in [1.807, 2.05) is 12.1 Å². The SMILES string of the molecule is O=C(Oc1ccc(OC[C@H](CCCCNC(=O)N2CCOCC2)OC(=O)c2ccccc2)cc1)c1ccccc1.S. The van der Waals surface area contributed by atoms with Gasteiger partial charge in [0.25, 0.3) is 0 Å². The average molecular weight is 581 g/mol. The summed E-state index contributed by atoms with van der Waals surface area (Å²) in [6.07, 6.45) is 1.54. The number of hydrogen-bond acceptors (Lipinski definition) is 7. The summed E-state index contributed by atoms with van der Waals surface area (Å²) in [6.45, 7) is 2.99. The second-order valence-corrected chi connectivity index (χ2v) is 9.26. The van der Waals surface area contributed by atoms with Crippen molar-refractivity contribution in [3.8, 4) is 11.5 Å². The van der Waals surface area contributed by atoms with Gasteiger partial charge in [0.1, 0.15) is 24.2 Å². The third-order valence-corrected chi connectivity index (χ3v) is 6.29. The summed E-state index contributed by atoms with van der Waals surface area (Å²) in [6, 6.07) is 24.2. The molecule has 1 aliphatic rings. The predicted molar refractivity (Wildman–Crippen MR) is 159 cm³/mol. The molecule has 0 saturated carbocycles. The number of rotatable bonds is 12. The minimum Gasteiger partial charge on any atom is -0.490 e. The van der Waals surface area contributed by atoms with Crippen molar-refractivity contribution >= 4 is 31.5 Å². The van der Waals surface area contributed by atoms with Crippen molar-refractivity contribution in [2.24, 2.45) is 0 Å². The fraction of sp³-hybridized carbons (Fsp3) is 0.323. The van der Waals surface area contributed by atoms with Gasteiger partial charge in [-0.25, -0.2) is 14.4 Å². The van der Waals surface area contributed by atoms with E-state index in [9.17, 15) is 14.4 Å². The third-order valence-electron chi connectivity index (χ3n) is 6.29. The standard InChI is InChI=1S/C31H34N2O7.H2S/c34-29(24-9-3-1-4-10-24)39-27-16-14-26(15-17-27)38-23-28(40-30(35)25-11-5-2-6-12-25)13-7-8-18-32-31(36)33-19-21-37-22-20-33;/h1-6,9-12,14-17,28H,7-8,13,18-23H2,(H,32,36);1H2/t28-;/m0./s1. The Morgan fingerprint density at radius 3 is 2.00 bits per heavy atom. The van der Waals surface area contributed by atoms with Crippen LogP contribution in [0.15, 0.2) is 84.9 Å². The molecular weight excluding hydrogens is 544 g/mol. The van der Waals surface area contributed by atoms with E-state index < -0.39 is 18.0 Å². The molecule has 1 N–H and O–H groups in total. The number of urea groups is 1. The number of hydrogen-bond donors (Lipinski definition) is 1. The van der Waals surface area contributed by atoms with Gasteiger partial charge in [0, 0.05) is 19.6 Å². The van der Waals surface area contributed by atoms with Crippen LogP contribution in [0.5, 0.6) is 11.5 Å². The highest BCUT2D eigenvalue weighted by Gasteiger charge is 2.18. The first-order chi connectivity index (χ1) is 19.6. The Balaban J connectivity index is 0.00000462. The Morgan fingerprint density at radius 2 is 1.37 bits per heavy atom. The maximum absolute atomic E-state index is 12.7. The van der Waals surface area contributed by atoms with E-state index in [4.69, 9.17) is 18.9 Å². The molecule has 0 bridgehead atoms. The van der Waals surface area contributed by atoms with E-state index >= 15 is 0 Å². The van der Waals surface area contributed by atoms with Crippen molar-refractivity contribution < 1.29 is 33.3 Å². The lowest BCUT2D eigenvalue weighted by molar-refractivity contribution is 0.0144. The van der Waals surface area contributed by atoms with Crippen molar-refractivity contribution in [1.82, 2.24) is 10.2 Å². The quantitative estimate of drug-likeness (QED) is 0.186. The lowest BCUT2D eigenvalue weighted by Gasteiger charge is -2.27. The van der Waals surface area contributed by atoms with Gasteiger partial charge in [-0.3, -0.25) is 0 Å². The van der Waals surface area contributed by atoms with Crippen molar-refractivity contribution in [1.29, 1.82) is 0 Å². The number of amides is 2. The number of carbonyl (C=O) groups excluding carboxylic acids is 3. The number of benzene rings is 3. The lowest BCUT2D eigenvalue weighted by Crippen LogP contribution is -2.46.